The summed E-state index contributed by atoms with van der Waals surface area (Å²) in [7, 11) is 0. The zero-order valence-corrected chi connectivity index (χ0v) is 31.6. The minimum absolute atomic E-state index is 0.167. The molecule has 0 N–H and O–H groups in total. The molecule has 0 aromatic heterocycles. The molecular weight excluding hydrogens is 620 g/mol. The Balaban J connectivity index is 0.000000166. The number of hydrogen-bond acceptors (Lipinski definition) is 0. The van der Waals surface area contributed by atoms with Crippen LogP contribution in [-0.2, 0) is 41.5 Å². The number of fused-ring (bicyclic) bond motifs is 3. The second-order valence-corrected chi connectivity index (χ2v) is 16.6. The Morgan fingerprint density at radius 2 is 1.22 bits per heavy atom. The standard InChI is InChI=1S/C21H25.C13H10.C10H15.Zr/c1-20(2,3)16-7-9-18-14(12-16)11-15-13-17(21(4,5)6)8-10-19(15)18;1-3-7-12(8-4-1)11-13-9-5-2-6-10-13;1-8-5-6-9(7-8)10(2,3)4;/h7-10,12H,11H2,1-6H3;1-10H;6-8H,1-4H3;/q-1;;-1;+2. The van der Waals surface area contributed by atoms with Crippen LogP contribution in [-0.4, -0.2) is 3.21 Å². The summed E-state index contributed by atoms with van der Waals surface area (Å²) >= 11 is 1.46. The van der Waals surface area contributed by atoms with Gasteiger partial charge in [-0.3, -0.25) is 6.08 Å². The molecule has 0 radical (unpaired) electrons. The second-order valence-electron chi connectivity index (χ2n) is 15.4. The van der Waals surface area contributed by atoms with Crippen LogP contribution < -0.4 is 0 Å². The van der Waals surface area contributed by atoms with Crippen molar-refractivity contribution >= 4 is 3.21 Å². The Labute approximate surface area is 289 Å². The van der Waals surface area contributed by atoms with E-state index in [9.17, 15) is 0 Å². The van der Waals surface area contributed by atoms with Crippen molar-refractivity contribution in [1.29, 1.82) is 0 Å². The van der Waals surface area contributed by atoms with E-state index < -0.39 is 0 Å². The molecular formula is C44H50Zr. The van der Waals surface area contributed by atoms with Crippen molar-refractivity contribution < 1.29 is 24.2 Å². The van der Waals surface area contributed by atoms with Gasteiger partial charge in [0.1, 0.15) is 0 Å². The van der Waals surface area contributed by atoms with E-state index in [1.54, 1.807) is 0 Å². The van der Waals surface area contributed by atoms with Gasteiger partial charge in [0, 0.05) is 0 Å². The van der Waals surface area contributed by atoms with Gasteiger partial charge < -0.3 is 0 Å². The molecule has 4 aromatic carbocycles. The fourth-order valence-corrected chi connectivity index (χ4v) is 6.28. The number of benzene rings is 4. The van der Waals surface area contributed by atoms with Crippen molar-refractivity contribution in [1.82, 2.24) is 0 Å². The van der Waals surface area contributed by atoms with Crippen molar-refractivity contribution in [2.75, 3.05) is 0 Å². The second kappa shape index (κ2) is 14.3. The average molecular weight is 670 g/mol. The van der Waals surface area contributed by atoms with Crippen LogP contribution in [0.15, 0.2) is 109 Å². The van der Waals surface area contributed by atoms with Gasteiger partial charge in [0.15, 0.2) is 0 Å². The molecule has 2 aliphatic rings. The Bertz CT molecular complexity index is 1560. The molecule has 0 spiro atoms. The Morgan fingerprint density at radius 1 is 0.667 bits per heavy atom. The molecule has 4 aromatic rings. The molecule has 0 bridgehead atoms. The van der Waals surface area contributed by atoms with Crippen LogP contribution in [0.25, 0.3) is 11.1 Å². The van der Waals surface area contributed by atoms with Crippen LogP contribution in [0.1, 0.15) is 103 Å². The van der Waals surface area contributed by atoms with Crippen molar-refractivity contribution in [3.05, 3.63) is 154 Å². The molecule has 0 saturated heterocycles. The first-order chi connectivity index (χ1) is 21.0. The summed E-state index contributed by atoms with van der Waals surface area (Å²) < 4.78 is 1.42. The average Bonchev–Trinajstić information content (AvgIpc) is 3.60. The first-order valence-corrected chi connectivity index (χ1v) is 17.5. The maximum atomic E-state index is 3.67. The van der Waals surface area contributed by atoms with E-state index in [1.807, 2.05) is 0 Å². The third-order valence-corrected chi connectivity index (χ3v) is 9.81. The first-order valence-electron chi connectivity index (χ1n) is 16.2. The number of rotatable bonds is 2. The van der Waals surface area contributed by atoms with E-state index in [1.165, 1.54) is 77.5 Å². The SMILES string of the molecule is CC(C)(C)c1[c-]c2c(cc1)-c1ccc(C(C)(C)C)cc1C2.CC1[C-]=CC(C(C)(C)C)=C1.[Zr+2]=[C](c1ccccc1)c1ccccc1. The van der Waals surface area contributed by atoms with Crippen molar-refractivity contribution in [2.45, 2.75) is 86.5 Å². The third-order valence-electron chi connectivity index (χ3n) is 8.39. The normalized spacial score (nSPS) is 15.2. The quantitative estimate of drug-likeness (QED) is 0.164. The molecule has 2 aliphatic carbocycles. The van der Waals surface area contributed by atoms with Crippen molar-refractivity contribution in [2.24, 2.45) is 11.3 Å². The number of allylic oxidation sites excluding steroid dienone is 4. The van der Waals surface area contributed by atoms with E-state index in [4.69, 9.17) is 0 Å². The van der Waals surface area contributed by atoms with E-state index >= 15 is 0 Å². The van der Waals surface area contributed by atoms with E-state index in [2.05, 4.69) is 185 Å². The van der Waals surface area contributed by atoms with Crippen LogP contribution in [0.3, 0.4) is 0 Å². The maximum absolute atomic E-state index is 3.67. The fourth-order valence-electron chi connectivity index (χ4n) is 5.46. The minimum atomic E-state index is 0.167. The molecule has 0 heterocycles. The van der Waals surface area contributed by atoms with Crippen LogP contribution in [0.5, 0.6) is 0 Å². The van der Waals surface area contributed by atoms with Crippen LogP contribution in [0.4, 0.5) is 0 Å². The fraction of sp³-hybridized carbons (Fsp3) is 0.341. The van der Waals surface area contributed by atoms with Gasteiger partial charge in [-0.05, 0) is 28.4 Å². The zero-order valence-electron chi connectivity index (χ0n) is 29.1. The number of hydrogen-bond donors (Lipinski definition) is 0. The molecule has 0 saturated carbocycles. The molecule has 6 rings (SSSR count). The van der Waals surface area contributed by atoms with Gasteiger partial charge in [-0.2, -0.15) is 35.4 Å². The molecule has 1 heteroatoms. The summed E-state index contributed by atoms with van der Waals surface area (Å²) in [6.07, 6.45) is 8.68. The Morgan fingerprint density at radius 3 is 1.67 bits per heavy atom. The van der Waals surface area contributed by atoms with Gasteiger partial charge in [-0.25, -0.2) is 6.08 Å². The van der Waals surface area contributed by atoms with Gasteiger partial charge in [0.25, 0.3) is 0 Å². The van der Waals surface area contributed by atoms with Crippen LogP contribution >= 0.6 is 0 Å². The molecule has 0 amide bonds. The first kappa shape index (κ1) is 35.0. The summed E-state index contributed by atoms with van der Waals surface area (Å²) in [6.45, 7) is 22.5. The van der Waals surface area contributed by atoms with Gasteiger partial charge >= 0.3 is 99.2 Å². The van der Waals surface area contributed by atoms with Gasteiger partial charge in [-0.1, -0.05) is 104 Å². The molecule has 0 aliphatic heterocycles. The van der Waals surface area contributed by atoms with Crippen LogP contribution in [0.2, 0.25) is 0 Å². The zero-order chi connectivity index (χ0) is 33.0. The summed E-state index contributed by atoms with van der Waals surface area (Å²) in [5.74, 6) is 0.522. The van der Waals surface area contributed by atoms with E-state index in [0.29, 0.717) is 11.3 Å². The third kappa shape index (κ3) is 9.33. The summed E-state index contributed by atoms with van der Waals surface area (Å²) in [6, 6.07) is 36.3. The summed E-state index contributed by atoms with van der Waals surface area (Å²) in [5.41, 5.74) is 13.1. The topological polar surface area (TPSA) is 0 Å². The van der Waals surface area contributed by atoms with Crippen LogP contribution in [0, 0.1) is 23.5 Å². The Hall–Kier alpha value is -2.89. The molecule has 0 nitrogen and oxygen atoms in total. The Kier molecular flexibility index (Phi) is 11.1. The molecule has 1 atom stereocenters. The van der Waals surface area contributed by atoms with Crippen molar-refractivity contribution in [3.8, 4) is 11.1 Å². The van der Waals surface area contributed by atoms with Gasteiger partial charge in [0.05, 0.1) is 0 Å². The van der Waals surface area contributed by atoms with Gasteiger partial charge in [0.2, 0.25) is 0 Å². The predicted molar refractivity (Wildman–Crippen MR) is 192 cm³/mol. The molecule has 0 fully saturated rings. The summed E-state index contributed by atoms with van der Waals surface area (Å²) in [4.78, 5) is 0. The monoisotopic (exact) mass is 668 g/mol. The predicted octanol–water partition coefficient (Wildman–Crippen LogP) is 11.4. The van der Waals surface area contributed by atoms with Crippen molar-refractivity contribution in [3.63, 3.8) is 0 Å². The van der Waals surface area contributed by atoms with Gasteiger partial charge in [-0.15, -0.1) is 11.1 Å². The van der Waals surface area contributed by atoms with E-state index in [0.717, 1.165) is 6.42 Å². The molecule has 230 valence electrons. The molecule has 1 unspecified atom stereocenters. The van der Waals surface area contributed by atoms with E-state index in [-0.39, 0.29) is 10.8 Å². The molecule has 45 heavy (non-hydrogen) atoms. The summed E-state index contributed by atoms with van der Waals surface area (Å²) in [5, 5.41) is 0.